The van der Waals surface area contributed by atoms with E-state index in [9.17, 15) is 0 Å². The molecular weight excluding hydrogens is 396 g/mol. The molecule has 1 aromatic carbocycles. The minimum Gasteiger partial charge on any atom is -0.486 e. The molecule has 1 unspecified atom stereocenters. The van der Waals surface area contributed by atoms with Gasteiger partial charge in [-0.3, -0.25) is 0 Å². The average Bonchev–Trinajstić information content (AvgIpc) is 3.47. The van der Waals surface area contributed by atoms with Crippen molar-refractivity contribution in [1.82, 2.24) is 9.97 Å². The Balaban J connectivity index is 1.35. The SMILES string of the molecule is c1csc(-c2nc(SCC3COc4ccccc4O3)[nH]c2-c2cccs2)c1. The molecule has 4 aromatic rings. The minimum absolute atomic E-state index is 0.00498. The fourth-order valence-corrected chi connectivity index (χ4v) is 5.21. The molecule has 0 amide bonds. The summed E-state index contributed by atoms with van der Waals surface area (Å²) in [5.41, 5.74) is 2.10. The highest BCUT2D eigenvalue weighted by Crippen LogP contribution is 2.37. The number of fused-ring (bicyclic) bond motifs is 1. The van der Waals surface area contributed by atoms with Crippen molar-refractivity contribution in [2.75, 3.05) is 12.4 Å². The van der Waals surface area contributed by atoms with Crippen LogP contribution in [0.5, 0.6) is 11.5 Å². The Bertz CT molecular complexity index is 974. The van der Waals surface area contributed by atoms with E-state index in [1.54, 1.807) is 34.4 Å². The summed E-state index contributed by atoms with van der Waals surface area (Å²) in [4.78, 5) is 10.7. The number of ether oxygens (including phenoxy) is 2. The second-order valence-corrected chi connectivity index (χ2v) is 8.93. The zero-order chi connectivity index (χ0) is 18.1. The Kier molecular flexibility index (Phi) is 4.65. The van der Waals surface area contributed by atoms with Gasteiger partial charge in [-0.2, -0.15) is 0 Å². The van der Waals surface area contributed by atoms with Gasteiger partial charge in [0, 0.05) is 5.75 Å². The third-order valence-corrected chi connectivity index (χ3v) is 6.95. The van der Waals surface area contributed by atoms with Crippen LogP contribution in [0.3, 0.4) is 0 Å². The maximum absolute atomic E-state index is 6.05. The van der Waals surface area contributed by atoms with Gasteiger partial charge in [-0.15, -0.1) is 22.7 Å². The van der Waals surface area contributed by atoms with Crippen LogP contribution >= 0.6 is 34.4 Å². The minimum atomic E-state index is 0.00498. The van der Waals surface area contributed by atoms with Crippen molar-refractivity contribution in [3.05, 3.63) is 59.3 Å². The fraction of sp³-hybridized carbons (Fsp3) is 0.150. The number of aromatic nitrogens is 2. The number of nitrogens with one attached hydrogen (secondary N) is 1. The van der Waals surface area contributed by atoms with E-state index in [4.69, 9.17) is 14.5 Å². The number of rotatable bonds is 5. The van der Waals surface area contributed by atoms with Crippen LogP contribution in [0, 0.1) is 0 Å². The summed E-state index contributed by atoms with van der Waals surface area (Å²) in [7, 11) is 0. The smallest absolute Gasteiger partial charge is 0.166 e. The van der Waals surface area contributed by atoms with Crippen molar-refractivity contribution < 1.29 is 9.47 Å². The Morgan fingerprint density at radius 3 is 2.56 bits per heavy atom. The molecule has 27 heavy (non-hydrogen) atoms. The summed E-state index contributed by atoms with van der Waals surface area (Å²) in [6.07, 6.45) is 0.00498. The lowest BCUT2D eigenvalue weighted by Gasteiger charge is -2.25. The van der Waals surface area contributed by atoms with E-state index in [1.165, 1.54) is 9.75 Å². The fourth-order valence-electron chi connectivity index (χ4n) is 2.93. The van der Waals surface area contributed by atoms with Crippen LogP contribution in [0.15, 0.2) is 64.4 Å². The number of hydrogen-bond acceptors (Lipinski definition) is 6. The highest BCUT2D eigenvalue weighted by atomic mass is 32.2. The van der Waals surface area contributed by atoms with Gasteiger partial charge in [0.05, 0.1) is 15.4 Å². The summed E-state index contributed by atoms with van der Waals surface area (Å²) in [5, 5.41) is 5.08. The van der Waals surface area contributed by atoms with Crippen molar-refractivity contribution in [2.45, 2.75) is 11.3 Å². The molecule has 0 radical (unpaired) electrons. The molecule has 0 fully saturated rings. The van der Waals surface area contributed by atoms with Crippen molar-refractivity contribution in [3.63, 3.8) is 0 Å². The molecule has 5 rings (SSSR count). The predicted octanol–water partition coefficient (Wildman–Crippen LogP) is 5.80. The number of nitrogens with zero attached hydrogens (tertiary/aromatic N) is 1. The number of thioether (sulfide) groups is 1. The molecule has 1 N–H and O–H groups in total. The number of imidazole rings is 1. The van der Waals surface area contributed by atoms with E-state index in [-0.39, 0.29) is 6.10 Å². The van der Waals surface area contributed by atoms with Crippen molar-refractivity contribution in [2.24, 2.45) is 0 Å². The highest BCUT2D eigenvalue weighted by molar-refractivity contribution is 7.99. The summed E-state index contributed by atoms with van der Waals surface area (Å²) in [5.74, 6) is 2.40. The number of H-pyrrole nitrogens is 1. The van der Waals surface area contributed by atoms with Gasteiger partial charge in [-0.25, -0.2) is 4.98 Å². The number of hydrogen-bond donors (Lipinski definition) is 1. The summed E-state index contributed by atoms with van der Waals surface area (Å²) in [6.45, 7) is 0.556. The molecule has 0 saturated heterocycles. The quantitative estimate of drug-likeness (QED) is 0.421. The Labute approximate surface area is 169 Å². The first-order valence-corrected chi connectivity index (χ1v) is 11.3. The summed E-state index contributed by atoms with van der Waals surface area (Å²) < 4.78 is 11.9. The van der Waals surface area contributed by atoms with Gasteiger partial charge in [-0.05, 0) is 35.0 Å². The lowest BCUT2D eigenvalue weighted by Crippen LogP contribution is -2.31. The van der Waals surface area contributed by atoms with Crippen molar-refractivity contribution in [3.8, 4) is 32.6 Å². The topological polar surface area (TPSA) is 47.1 Å². The highest BCUT2D eigenvalue weighted by Gasteiger charge is 2.22. The standard InChI is InChI=1S/C20H16N2O2S3/c1-2-6-15-14(5-1)23-11-13(24-15)12-27-20-21-18(16-7-3-9-25-16)19(22-20)17-8-4-10-26-17/h1-10,13H,11-12H2,(H,21,22). The van der Waals surface area contributed by atoms with Crippen LogP contribution in [-0.2, 0) is 0 Å². The Hall–Kier alpha value is -2.22. The normalized spacial score (nSPS) is 15.8. The predicted molar refractivity (Wildman–Crippen MR) is 112 cm³/mol. The molecule has 1 atom stereocenters. The van der Waals surface area contributed by atoms with Gasteiger partial charge in [0.15, 0.2) is 16.7 Å². The molecule has 0 saturated carbocycles. The lowest BCUT2D eigenvalue weighted by atomic mass is 10.2. The first-order valence-electron chi connectivity index (χ1n) is 8.56. The molecular formula is C20H16N2O2S3. The van der Waals surface area contributed by atoms with Crippen LogP contribution in [0.25, 0.3) is 21.1 Å². The molecule has 1 aliphatic rings. The van der Waals surface area contributed by atoms with Gasteiger partial charge in [-0.1, -0.05) is 36.0 Å². The summed E-state index contributed by atoms with van der Waals surface area (Å²) in [6, 6.07) is 16.2. The Morgan fingerprint density at radius 1 is 1.00 bits per heavy atom. The van der Waals surface area contributed by atoms with Crippen LogP contribution in [0.4, 0.5) is 0 Å². The zero-order valence-electron chi connectivity index (χ0n) is 14.3. The van der Waals surface area contributed by atoms with E-state index in [1.807, 2.05) is 24.3 Å². The summed E-state index contributed by atoms with van der Waals surface area (Å²) >= 11 is 5.09. The van der Waals surface area contributed by atoms with E-state index in [0.717, 1.165) is 33.8 Å². The van der Waals surface area contributed by atoms with Crippen molar-refractivity contribution >= 4 is 34.4 Å². The number of aromatic amines is 1. The lowest BCUT2D eigenvalue weighted by molar-refractivity contribution is 0.107. The molecule has 4 nitrogen and oxygen atoms in total. The molecule has 3 aromatic heterocycles. The first-order chi connectivity index (χ1) is 13.4. The maximum atomic E-state index is 6.05. The third kappa shape index (κ3) is 3.50. The zero-order valence-corrected chi connectivity index (χ0v) is 16.7. The van der Waals surface area contributed by atoms with Crippen LogP contribution < -0.4 is 9.47 Å². The van der Waals surface area contributed by atoms with Gasteiger partial charge in [0.1, 0.15) is 18.4 Å². The van der Waals surface area contributed by atoms with Gasteiger partial charge < -0.3 is 14.5 Å². The second kappa shape index (κ2) is 7.42. The van der Waals surface area contributed by atoms with Crippen LogP contribution in [0.2, 0.25) is 0 Å². The van der Waals surface area contributed by atoms with Gasteiger partial charge in [0.25, 0.3) is 0 Å². The van der Waals surface area contributed by atoms with Gasteiger partial charge >= 0.3 is 0 Å². The van der Waals surface area contributed by atoms with Gasteiger partial charge in [0.2, 0.25) is 0 Å². The molecule has 136 valence electrons. The number of benzene rings is 1. The van der Waals surface area contributed by atoms with E-state index < -0.39 is 0 Å². The van der Waals surface area contributed by atoms with Crippen LogP contribution in [0.1, 0.15) is 0 Å². The molecule has 0 bridgehead atoms. The second-order valence-electron chi connectivity index (χ2n) is 6.03. The number of para-hydroxylation sites is 2. The monoisotopic (exact) mass is 412 g/mol. The average molecular weight is 413 g/mol. The third-order valence-electron chi connectivity index (χ3n) is 4.18. The van der Waals surface area contributed by atoms with Crippen molar-refractivity contribution in [1.29, 1.82) is 0 Å². The maximum Gasteiger partial charge on any atom is 0.166 e. The molecule has 0 spiro atoms. The molecule has 1 aliphatic heterocycles. The molecule has 7 heteroatoms. The molecule has 0 aliphatic carbocycles. The van der Waals surface area contributed by atoms with Crippen LogP contribution in [-0.4, -0.2) is 28.4 Å². The molecule has 4 heterocycles. The first kappa shape index (κ1) is 16.9. The largest absolute Gasteiger partial charge is 0.486 e. The van der Waals surface area contributed by atoms with E-state index in [2.05, 4.69) is 40.0 Å². The van der Waals surface area contributed by atoms with E-state index in [0.29, 0.717) is 6.61 Å². The number of thiophene rings is 2. The van der Waals surface area contributed by atoms with E-state index >= 15 is 0 Å². The Morgan fingerprint density at radius 2 is 1.78 bits per heavy atom.